The van der Waals surface area contributed by atoms with Gasteiger partial charge in [0.25, 0.3) is 0 Å². The number of hydrogen-bond donors (Lipinski definition) is 1. The molecular formula is C19H24N4O3. The molecule has 0 spiro atoms. The van der Waals surface area contributed by atoms with Crippen LogP contribution in [0.1, 0.15) is 27.9 Å². The van der Waals surface area contributed by atoms with E-state index in [1.54, 1.807) is 0 Å². The Morgan fingerprint density at radius 1 is 1.15 bits per heavy atom. The van der Waals surface area contributed by atoms with Crippen molar-refractivity contribution in [2.45, 2.75) is 26.4 Å². The lowest BCUT2D eigenvalue weighted by Gasteiger charge is -2.35. The molecule has 138 valence electrons. The Morgan fingerprint density at radius 2 is 1.88 bits per heavy atom. The van der Waals surface area contributed by atoms with Crippen LogP contribution in [0.25, 0.3) is 0 Å². The summed E-state index contributed by atoms with van der Waals surface area (Å²) >= 11 is 0. The number of carboxylic acid groups (broad SMARTS) is 1. The third-order valence-corrected chi connectivity index (χ3v) is 4.82. The van der Waals surface area contributed by atoms with Gasteiger partial charge in [-0.15, -0.1) is 0 Å². The van der Waals surface area contributed by atoms with Crippen LogP contribution in [0.15, 0.2) is 36.7 Å². The molecule has 1 aliphatic heterocycles. The highest BCUT2D eigenvalue weighted by atomic mass is 16.4. The zero-order chi connectivity index (χ0) is 18.5. The highest BCUT2D eigenvalue weighted by Crippen LogP contribution is 2.13. The first-order chi connectivity index (χ1) is 12.5. The monoisotopic (exact) mass is 356 g/mol. The third kappa shape index (κ3) is 4.49. The van der Waals surface area contributed by atoms with Gasteiger partial charge in [-0.05, 0) is 18.1 Å². The standard InChI is InChI=1S/C19H24N4O3/c1-15-4-2-3-5-16(15)13-21-8-10-22(11-9-21)18(24)6-7-23-14-17(12-20-23)19(25)26/h2-5,12,14H,6-11,13H2,1H3,(H,25,26). The molecule has 7 heteroatoms. The third-order valence-electron chi connectivity index (χ3n) is 4.82. The predicted octanol–water partition coefficient (Wildman–Crippen LogP) is 1.62. The zero-order valence-corrected chi connectivity index (χ0v) is 15.0. The SMILES string of the molecule is Cc1ccccc1CN1CCN(C(=O)CCn2cc(C(=O)O)cn2)CC1. The van der Waals surface area contributed by atoms with Gasteiger partial charge in [0.15, 0.2) is 0 Å². The van der Waals surface area contributed by atoms with E-state index in [1.165, 1.54) is 28.2 Å². The molecule has 0 bridgehead atoms. The van der Waals surface area contributed by atoms with E-state index in [1.807, 2.05) is 4.90 Å². The summed E-state index contributed by atoms with van der Waals surface area (Å²) in [7, 11) is 0. The Balaban J connectivity index is 1.44. The van der Waals surface area contributed by atoms with E-state index in [0.29, 0.717) is 13.0 Å². The summed E-state index contributed by atoms with van der Waals surface area (Å²) in [6, 6.07) is 8.39. The van der Waals surface area contributed by atoms with Crippen molar-refractivity contribution < 1.29 is 14.7 Å². The molecule has 0 radical (unpaired) electrons. The summed E-state index contributed by atoms with van der Waals surface area (Å²) in [5.74, 6) is -0.916. The summed E-state index contributed by atoms with van der Waals surface area (Å²) in [6.07, 6.45) is 3.09. The molecule has 2 aromatic rings. The van der Waals surface area contributed by atoms with Gasteiger partial charge in [-0.3, -0.25) is 14.4 Å². The molecule has 7 nitrogen and oxygen atoms in total. The fourth-order valence-corrected chi connectivity index (χ4v) is 3.15. The van der Waals surface area contributed by atoms with Gasteiger partial charge in [-0.1, -0.05) is 24.3 Å². The largest absolute Gasteiger partial charge is 0.478 e. The lowest BCUT2D eigenvalue weighted by Crippen LogP contribution is -2.48. The fraction of sp³-hybridized carbons (Fsp3) is 0.421. The second-order valence-electron chi connectivity index (χ2n) is 6.63. The molecule has 3 rings (SSSR count). The van der Waals surface area contributed by atoms with Gasteiger partial charge >= 0.3 is 5.97 Å². The maximum absolute atomic E-state index is 12.4. The molecule has 0 aliphatic carbocycles. The number of piperazine rings is 1. The number of rotatable bonds is 6. The van der Waals surface area contributed by atoms with Crippen molar-refractivity contribution in [3.63, 3.8) is 0 Å². The number of benzene rings is 1. The van der Waals surface area contributed by atoms with Gasteiger partial charge < -0.3 is 10.0 Å². The number of amides is 1. The van der Waals surface area contributed by atoms with Crippen molar-refractivity contribution in [2.75, 3.05) is 26.2 Å². The van der Waals surface area contributed by atoms with Gasteiger partial charge in [-0.25, -0.2) is 4.79 Å². The topological polar surface area (TPSA) is 78.7 Å². The molecule has 2 heterocycles. The van der Waals surface area contributed by atoms with Gasteiger partial charge in [0, 0.05) is 51.9 Å². The van der Waals surface area contributed by atoms with Crippen LogP contribution in [0.3, 0.4) is 0 Å². The van der Waals surface area contributed by atoms with Crippen molar-refractivity contribution in [3.8, 4) is 0 Å². The summed E-state index contributed by atoms with van der Waals surface area (Å²) < 4.78 is 1.51. The van der Waals surface area contributed by atoms with Gasteiger partial charge in [0.2, 0.25) is 5.91 Å². The van der Waals surface area contributed by atoms with Crippen LogP contribution in [0, 0.1) is 6.92 Å². The molecule has 1 amide bonds. The Kier molecular flexibility index (Phi) is 5.68. The summed E-state index contributed by atoms with van der Waals surface area (Å²) in [5.41, 5.74) is 2.77. The molecule has 1 fully saturated rings. The first-order valence-electron chi connectivity index (χ1n) is 8.83. The Bertz CT molecular complexity index is 779. The average molecular weight is 356 g/mol. The highest BCUT2D eigenvalue weighted by molar-refractivity contribution is 5.86. The lowest BCUT2D eigenvalue weighted by atomic mass is 10.1. The number of aromatic carboxylic acids is 1. The van der Waals surface area contributed by atoms with Gasteiger partial charge in [-0.2, -0.15) is 5.10 Å². The van der Waals surface area contributed by atoms with Gasteiger partial charge in [0.1, 0.15) is 0 Å². The van der Waals surface area contributed by atoms with E-state index in [9.17, 15) is 9.59 Å². The van der Waals surface area contributed by atoms with E-state index < -0.39 is 5.97 Å². The van der Waals surface area contributed by atoms with Gasteiger partial charge in [0.05, 0.1) is 11.8 Å². The fourth-order valence-electron chi connectivity index (χ4n) is 3.15. The lowest BCUT2D eigenvalue weighted by molar-refractivity contribution is -0.133. The number of nitrogens with zero attached hydrogens (tertiary/aromatic N) is 4. The maximum Gasteiger partial charge on any atom is 0.338 e. The predicted molar refractivity (Wildman–Crippen MR) is 96.8 cm³/mol. The van der Waals surface area contributed by atoms with Crippen molar-refractivity contribution in [2.24, 2.45) is 0 Å². The highest BCUT2D eigenvalue weighted by Gasteiger charge is 2.21. The van der Waals surface area contributed by atoms with E-state index in [-0.39, 0.29) is 11.5 Å². The molecule has 0 atom stereocenters. The Hall–Kier alpha value is -2.67. The molecular weight excluding hydrogens is 332 g/mol. The van der Waals surface area contributed by atoms with E-state index >= 15 is 0 Å². The van der Waals surface area contributed by atoms with Crippen LogP contribution in [0.5, 0.6) is 0 Å². The number of aromatic nitrogens is 2. The Morgan fingerprint density at radius 3 is 2.54 bits per heavy atom. The quantitative estimate of drug-likeness (QED) is 0.851. The molecule has 0 unspecified atom stereocenters. The number of carbonyl (C=O) groups is 2. The van der Waals surface area contributed by atoms with Crippen LogP contribution >= 0.6 is 0 Å². The molecule has 1 aromatic carbocycles. The van der Waals surface area contributed by atoms with E-state index in [2.05, 4.69) is 41.2 Å². The van der Waals surface area contributed by atoms with Crippen LogP contribution in [-0.4, -0.2) is 62.7 Å². The summed E-state index contributed by atoms with van der Waals surface area (Å²) in [4.78, 5) is 27.5. The number of aryl methyl sites for hydroxylation is 2. The number of carbonyl (C=O) groups excluding carboxylic acids is 1. The van der Waals surface area contributed by atoms with E-state index in [4.69, 9.17) is 5.11 Å². The molecule has 1 saturated heterocycles. The second kappa shape index (κ2) is 8.14. The second-order valence-corrected chi connectivity index (χ2v) is 6.63. The summed E-state index contributed by atoms with van der Waals surface area (Å²) in [5, 5.41) is 12.9. The molecule has 1 N–H and O–H groups in total. The van der Waals surface area contributed by atoms with Crippen molar-refractivity contribution >= 4 is 11.9 Å². The van der Waals surface area contributed by atoms with Crippen LogP contribution < -0.4 is 0 Å². The number of hydrogen-bond acceptors (Lipinski definition) is 4. The molecule has 1 aromatic heterocycles. The Labute approximate surface area is 152 Å². The van der Waals surface area contributed by atoms with Crippen molar-refractivity contribution in [1.29, 1.82) is 0 Å². The minimum atomic E-state index is -1.01. The smallest absolute Gasteiger partial charge is 0.338 e. The van der Waals surface area contributed by atoms with Crippen LogP contribution in [0.2, 0.25) is 0 Å². The molecule has 0 saturated carbocycles. The number of carboxylic acids is 1. The first-order valence-corrected chi connectivity index (χ1v) is 8.83. The normalized spacial score (nSPS) is 15.2. The maximum atomic E-state index is 12.4. The minimum Gasteiger partial charge on any atom is -0.478 e. The zero-order valence-electron chi connectivity index (χ0n) is 15.0. The summed E-state index contributed by atoms with van der Waals surface area (Å²) in [6.45, 7) is 6.63. The first kappa shape index (κ1) is 18.1. The molecule has 26 heavy (non-hydrogen) atoms. The van der Waals surface area contributed by atoms with Crippen molar-refractivity contribution in [3.05, 3.63) is 53.3 Å². The van der Waals surface area contributed by atoms with Crippen molar-refractivity contribution in [1.82, 2.24) is 19.6 Å². The van der Waals surface area contributed by atoms with Crippen LogP contribution in [-0.2, 0) is 17.9 Å². The van der Waals surface area contributed by atoms with Crippen LogP contribution in [0.4, 0.5) is 0 Å². The minimum absolute atomic E-state index is 0.0907. The van der Waals surface area contributed by atoms with E-state index in [0.717, 1.165) is 32.7 Å². The average Bonchev–Trinajstić information content (AvgIpc) is 3.12. The molecule has 1 aliphatic rings.